The number of carbonyl (C=O) groups excluding carboxylic acids is 1. The van der Waals surface area contributed by atoms with Crippen molar-refractivity contribution in [1.29, 1.82) is 0 Å². The molecule has 134 valence electrons. The number of hydrogen-bond acceptors (Lipinski definition) is 4. The number of nitrogens with one attached hydrogen (secondary N) is 1. The minimum absolute atomic E-state index is 0.0706. The topological polar surface area (TPSA) is 41.6 Å². The van der Waals surface area contributed by atoms with Crippen LogP contribution in [-0.2, 0) is 16.1 Å². The number of halogens is 2. The number of amides is 1. The molecule has 1 atom stereocenters. The lowest BCUT2D eigenvalue weighted by Crippen LogP contribution is -2.37. The fraction of sp³-hybridized carbons (Fsp3) is 0.389. The number of benzene rings is 1. The fourth-order valence-electron chi connectivity index (χ4n) is 2.87. The van der Waals surface area contributed by atoms with Gasteiger partial charge in [-0.2, -0.15) is 0 Å². The van der Waals surface area contributed by atoms with Crippen molar-refractivity contribution in [3.8, 4) is 0 Å². The van der Waals surface area contributed by atoms with Gasteiger partial charge in [0, 0.05) is 29.0 Å². The average Bonchev–Trinajstić information content (AvgIpc) is 3.24. The molecule has 1 unspecified atom stereocenters. The first-order valence-corrected chi connectivity index (χ1v) is 10.3. The third kappa shape index (κ3) is 5.79. The monoisotopic (exact) mass is 442 g/mol. The predicted molar refractivity (Wildman–Crippen MR) is 106 cm³/mol. The van der Waals surface area contributed by atoms with Crippen LogP contribution in [0.25, 0.3) is 0 Å². The van der Waals surface area contributed by atoms with Gasteiger partial charge in [-0.05, 0) is 42.5 Å². The van der Waals surface area contributed by atoms with E-state index in [2.05, 4.69) is 37.6 Å². The summed E-state index contributed by atoms with van der Waals surface area (Å²) in [4.78, 5) is 15.9. The van der Waals surface area contributed by atoms with E-state index in [-0.39, 0.29) is 12.0 Å². The molecule has 0 spiro atoms. The maximum absolute atomic E-state index is 12.5. The highest BCUT2D eigenvalue weighted by Gasteiger charge is 2.21. The number of nitrogens with zero attached hydrogens (tertiary/aromatic N) is 1. The second kappa shape index (κ2) is 9.14. The van der Waals surface area contributed by atoms with Gasteiger partial charge in [0.15, 0.2) is 0 Å². The van der Waals surface area contributed by atoms with Gasteiger partial charge in [0.05, 0.1) is 23.4 Å². The van der Waals surface area contributed by atoms with Gasteiger partial charge in [0.1, 0.15) is 0 Å². The molecule has 25 heavy (non-hydrogen) atoms. The van der Waals surface area contributed by atoms with Crippen LogP contribution in [0.15, 0.2) is 40.2 Å². The molecule has 1 N–H and O–H groups in total. The number of thiophene rings is 1. The van der Waals surface area contributed by atoms with Gasteiger partial charge >= 0.3 is 0 Å². The van der Waals surface area contributed by atoms with E-state index in [1.54, 1.807) is 23.5 Å². The van der Waals surface area contributed by atoms with Gasteiger partial charge in [-0.25, -0.2) is 0 Å². The fourth-order valence-corrected chi connectivity index (χ4v) is 4.33. The first-order chi connectivity index (χ1) is 12.1. The van der Waals surface area contributed by atoms with Crippen LogP contribution in [0.2, 0.25) is 5.02 Å². The van der Waals surface area contributed by atoms with Crippen molar-refractivity contribution in [2.24, 2.45) is 0 Å². The van der Waals surface area contributed by atoms with Crippen LogP contribution >= 0.6 is 38.9 Å². The largest absolute Gasteiger partial charge is 0.377 e. The molecular weight excluding hydrogens is 424 g/mol. The highest BCUT2D eigenvalue weighted by Crippen LogP contribution is 2.25. The van der Waals surface area contributed by atoms with Crippen LogP contribution in [0.3, 0.4) is 0 Å². The molecule has 0 bridgehead atoms. The van der Waals surface area contributed by atoms with E-state index in [0.717, 1.165) is 37.0 Å². The summed E-state index contributed by atoms with van der Waals surface area (Å²) in [5.41, 5.74) is 0.628. The van der Waals surface area contributed by atoms with Crippen LogP contribution < -0.4 is 5.32 Å². The maximum atomic E-state index is 12.5. The Hall–Kier alpha value is -0.920. The Morgan fingerprint density at radius 2 is 2.32 bits per heavy atom. The Bertz CT molecular complexity index is 705. The SMILES string of the molecule is O=C(CN(Cc1cccs1)CC1CCCO1)Nc1ccc(Br)cc1Cl. The van der Waals surface area contributed by atoms with E-state index in [1.807, 2.05) is 12.1 Å². The van der Waals surface area contributed by atoms with Crippen LogP contribution in [0.1, 0.15) is 17.7 Å². The third-order valence-corrected chi connectivity index (χ3v) is 5.68. The summed E-state index contributed by atoms with van der Waals surface area (Å²) < 4.78 is 6.62. The van der Waals surface area contributed by atoms with Crippen LogP contribution in [0.5, 0.6) is 0 Å². The minimum atomic E-state index is -0.0706. The summed E-state index contributed by atoms with van der Waals surface area (Å²) in [5.74, 6) is -0.0706. The predicted octanol–water partition coefficient (Wildman–Crippen LogP) is 4.78. The lowest BCUT2D eigenvalue weighted by Gasteiger charge is -2.24. The van der Waals surface area contributed by atoms with Crippen molar-refractivity contribution in [3.05, 3.63) is 50.1 Å². The molecule has 0 saturated carbocycles. The summed E-state index contributed by atoms with van der Waals surface area (Å²) in [7, 11) is 0. The van der Waals surface area contributed by atoms with Crippen molar-refractivity contribution in [1.82, 2.24) is 4.90 Å². The van der Waals surface area contributed by atoms with Crippen molar-refractivity contribution in [3.63, 3.8) is 0 Å². The Balaban J connectivity index is 1.62. The van der Waals surface area contributed by atoms with E-state index < -0.39 is 0 Å². The van der Waals surface area contributed by atoms with Crippen LogP contribution in [0, 0.1) is 0 Å². The van der Waals surface area contributed by atoms with Gasteiger partial charge in [0.25, 0.3) is 0 Å². The molecule has 1 amide bonds. The molecule has 1 aromatic heterocycles. The van der Waals surface area contributed by atoms with Gasteiger partial charge in [0.2, 0.25) is 5.91 Å². The number of ether oxygens (including phenoxy) is 1. The molecule has 0 radical (unpaired) electrons. The Kier molecular flexibility index (Phi) is 6.90. The van der Waals surface area contributed by atoms with Gasteiger partial charge in [-0.3, -0.25) is 9.69 Å². The van der Waals surface area contributed by atoms with E-state index in [0.29, 0.717) is 17.3 Å². The zero-order chi connectivity index (χ0) is 17.6. The molecule has 1 aliphatic rings. The Morgan fingerprint density at radius 1 is 1.44 bits per heavy atom. The summed E-state index contributed by atoms with van der Waals surface area (Å²) in [6.45, 7) is 2.64. The van der Waals surface area contributed by atoms with E-state index >= 15 is 0 Å². The standard InChI is InChI=1S/C18H20BrClN2O2S/c19-13-5-6-17(16(20)9-13)21-18(23)12-22(10-14-3-1-7-24-14)11-15-4-2-8-25-15/h2,4-6,8-9,14H,1,3,7,10-12H2,(H,21,23). The third-order valence-electron chi connectivity index (χ3n) is 4.02. The van der Waals surface area contributed by atoms with Crippen molar-refractivity contribution in [2.45, 2.75) is 25.5 Å². The number of anilines is 1. The number of hydrogen-bond donors (Lipinski definition) is 1. The molecule has 2 heterocycles. The Morgan fingerprint density at radius 3 is 3.00 bits per heavy atom. The molecule has 1 saturated heterocycles. The first kappa shape index (κ1) is 18.9. The Labute approximate surface area is 165 Å². The summed E-state index contributed by atoms with van der Waals surface area (Å²) in [6.07, 6.45) is 2.36. The van der Waals surface area contributed by atoms with Gasteiger partial charge < -0.3 is 10.1 Å². The molecule has 3 rings (SSSR count). The highest BCUT2D eigenvalue weighted by atomic mass is 79.9. The van der Waals surface area contributed by atoms with E-state index in [1.165, 1.54) is 4.88 Å². The molecule has 1 aromatic carbocycles. The van der Waals surface area contributed by atoms with Crippen LogP contribution in [-0.4, -0.2) is 36.6 Å². The molecule has 2 aromatic rings. The second-order valence-electron chi connectivity index (χ2n) is 6.06. The van der Waals surface area contributed by atoms with Crippen molar-refractivity contribution in [2.75, 3.05) is 25.0 Å². The smallest absolute Gasteiger partial charge is 0.238 e. The summed E-state index contributed by atoms with van der Waals surface area (Å²) in [6, 6.07) is 9.56. The highest BCUT2D eigenvalue weighted by molar-refractivity contribution is 9.10. The zero-order valence-corrected chi connectivity index (χ0v) is 16.9. The van der Waals surface area contributed by atoms with Crippen LogP contribution in [0.4, 0.5) is 5.69 Å². The van der Waals surface area contributed by atoms with Crippen molar-refractivity contribution >= 4 is 50.5 Å². The quantitative estimate of drug-likeness (QED) is 0.669. The minimum Gasteiger partial charge on any atom is -0.377 e. The zero-order valence-electron chi connectivity index (χ0n) is 13.7. The normalized spacial score (nSPS) is 17.2. The maximum Gasteiger partial charge on any atom is 0.238 e. The number of carbonyl (C=O) groups is 1. The van der Waals surface area contributed by atoms with Gasteiger partial charge in [-0.1, -0.05) is 33.6 Å². The molecule has 1 aliphatic heterocycles. The van der Waals surface area contributed by atoms with E-state index in [9.17, 15) is 4.79 Å². The van der Waals surface area contributed by atoms with E-state index in [4.69, 9.17) is 16.3 Å². The average molecular weight is 444 g/mol. The molecule has 0 aliphatic carbocycles. The summed E-state index contributed by atoms with van der Waals surface area (Å²) in [5, 5.41) is 5.48. The first-order valence-electron chi connectivity index (χ1n) is 8.21. The lowest BCUT2D eigenvalue weighted by atomic mass is 10.2. The summed E-state index contributed by atoms with van der Waals surface area (Å²) >= 11 is 11.3. The number of rotatable bonds is 7. The second-order valence-corrected chi connectivity index (χ2v) is 8.41. The lowest BCUT2D eigenvalue weighted by molar-refractivity contribution is -0.117. The molecule has 7 heteroatoms. The van der Waals surface area contributed by atoms with Crippen molar-refractivity contribution < 1.29 is 9.53 Å². The molecule has 1 fully saturated rings. The molecular formula is C18H20BrClN2O2S. The van der Waals surface area contributed by atoms with Gasteiger partial charge in [-0.15, -0.1) is 11.3 Å². The molecule has 4 nitrogen and oxygen atoms in total.